The molecule has 0 atom stereocenters. The van der Waals surface area contributed by atoms with Crippen LogP contribution in [0.25, 0.3) is 10.9 Å². The predicted molar refractivity (Wildman–Crippen MR) is 83.3 cm³/mol. The molecule has 1 saturated heterocycles. The van der Waals surface area contributed by atoms with Crippen molar-refractivity contribution in [2.75, 3.05) is 31.1 Å². The molecular formula is C15H18N4O3. The van der Waals surface area contributed by atoms with E-state index in [1.165, 1.54) is 4.57 Å². The Balaban J connectivity index is 2.17. The summed E-state index contributed by atoms with van der Waals surface area (Å²) in [7, 11) is 0. The first-order valence-corrected chi connectivity index (χ1v) is 7.34. The fourth-order valence-corrected chi connectivity index (χ4v) is 2.72. The smallest absolute Gasteiger partial charge is 0.323 e. The maximum absolute atomic E-state index is 12.6. The Morgan fingerprint density at radius 1 is 1.27 bits per heavy atom. The summed E-state index contributed by atoms with van der Waals surface area (Å²) in [6.45, 7) is 2.76. The molecule has 1 aromatic heterocycles. The van der Waals surface area contributed by atoms with Crippen molar-refractivity contribution in [3.05, 3.63) is 34.6 Å². The van der Waals surface area contributed by atoms with Gasteiger partial charge in [0, 0.05) is 19.6 Å². The molecule has 2 aromatic rings. The number of aliphatic carboxylic acids is 1. The maximum atomic E-state index is 12.6. The molecule has 0 saturated carbocycles. The zero-order valence-electron chi connectivity index (χ0n) is 12.2. The van der Waals surface area contributed by atoms with E-state index in [9.17, 15) is 9.59 Å². The highest BCUT2D eigenvalue weighted by Crippen LogP contribution is 2.16. The molecule has 2 heterocycles. The lowest BCUT2D eigenvalue weighted by Gasteiger charge is -2.24. The average Bonchev–Trinajstić information content (AvgIpc) is 2.79. The third-order valence-corrected chi connectivity index (χ3v) is 3.76. The average molecular weight is 302 g/mol. The lowest BCUT2D eigenvalue weighted by molar-refractivity contribution is -0.137. The van der Waals surface area contributed by atoms with E-state index in [4.69, 9.17) is 5.11 Å². The summed E-state index contributed by atoms with van der Waals surface area (Å²) in [5.41, 5.74) is 0.293. The number of hydrogen-bond donors (Lipinski definition) is 2. The van der Waals surface area contributed by atoms with E-state index in [2.05, 4.69) is 10.3 Å². The van der Waals surface area contributed by atoms with Gasteiger partial charge in [-0.05, 0) is 25.1 Å². The molecule has 1 aromatic carbocycles. The van der Waals surface area contributed by atoms with E-state index in [0.29, 0.717) is 23.4 Å². The van der Waals surface area contributed by atoms with Gasteiger partial charge in [0.2, 0.25) is 5.95 Å². The van der Waals surface area contributed by atoms with Gasteiger partial charge in [-0.1, -0.05) is 12.1 Å². The SMILES string of the molecule is O=C(O)Cn1c(N2CCCNCC2)nc2ccccc2c1=O. The molecule has 1 aliphatic heterocycles. The molecule has 7 heteroatoms. The minimum atomic E-state index is -1.05. The zero-order chi connectivity index (χ0) is 15.5. The number of nitrogens with zero attached hydrogens (tertiary/aromatic N) is 3. The van der Waals surface area contributed by atoms with Crippen LogP contribution in [0.3, 0.4) is 0 Å². The molecular weight excluding hydrogens is 284 g/mol. The van der Waals surface area contributed by atoms with Crippen molar-refractivity contribution in [3.63, 3.8) is 0 Å². The molecule has 116 valence electrons. The first-order chi connectivity index (χ1) is 10.7. The molecule has 1 aliphatic rings. The second-order valence-corrected chi connectivity index (χ2v) is 5.30. The number of para-hydroxylation sites is 1. The van der Waals surface area contributed by atoms with Crippen molar-refractivity contribution < 1.29 is 9.90 Å². The lowest BCUT2D eigenvalue weighted by Crippen LogP contribution is -2.36. The van der Waals surface area contributed by atoms with Gasteiger partial charge in [0.25, 0.3) is 5.56 Å². The van der Waals surface area contributed by atoms with Gasteiger partial charge >= 0.3 is 5.97 Å². The van der Waals surface area contributed by atoms with Crippen LogP contribution in [0, 0.1) is 0 Å². The Hall–Kier alpha value is -2.41. The summed E-state index contributed by atoms with van der Waals surface area (Å²) in [5.74, 6) is -0.608. The second-order valence-electron chi connectivity index (χ2n) is 5.30. The van der Waals surface area contributed by atoms with Gasteiger partial charge in [-0.2, -0.15) is 0 Å². The molecule has 0 aliphatic carbocycles. The van der Waals surface area contributed by atoms with Gasteiger partial charge in [0.1, 0.15) is 6.54 Å². The summed E-state index contributed by atoms with van der Waals surface area (Å²) in [6, 6.07) is 7.04. The maximum Gasteiger partial charge on any atom is 0.323 e. The predicted octanol–water partition coefficient (Wildman–Crippen LogP) is 0.281. The number of benzene rings is 1. The Morgan fingerprint density at radius 2 is 2.09 bits per heavy atom. The van der Waals surface area contributed by atoms with E-state index in [1.54, 1.807) is 18.2 Å². The van der Waals surface area contributed by atoms with Crippen LogP contribution >= 0.6 is 0 Å². The van der Waals surface area contributed by atoms with Gasteiger partial charge in [-0.3, -0.25) is 14.2 Å². The summed E-state index contributed by atoms with van der Waals surface area (Å²) in [5, 5.41) is 12.9. The second kappa shape index (κ2) is 6.15. The number of aromatic nitrogens is 2. The Morgan fingerprint density at radius 3 is 2.91 bits per heavy atom. The quantitative estimate of drug-likeness (QED) is 0.847. The summed E-state index contributed by atoms with van der Waals surface area (Å²) < 4.78 is 1.26. The van der Waals surface area contributed by atoms with Gasteiger partial charge in [0.15, 0.2) is 0 Å². The highest BCUT2D eigenvalue weighted by Gasteiger charge is 2.19. The standard InChI is InChI=1S/C15H18N4O3/c20-13(21)10-19-14(22)11-4-1-2-5-12(11)17-15(19)18-8-3-6-16-7-9-18/h1-2,4-5,16H,3,6-10H2,(H,20,21). The normalized spacial score (nSPS) is 15.7. The van der Waals surface area contributed by atoms with Crippen molar-refractivity contribution in [2.24, 2.45) is 0 Å². The van der Waals surface area contributed by atoms with Gasteiger partial charge < -0.3 is 15.3 Å². The van der Waals surface area contributed by atoms with Crippen molar-refractivity contribution >= 4 is 22.8 Å². The van der Waals surface area contributed by atoms with E-state index < -0.39 is 5.97 Å². The van der Waals surface area contributed by atoms with Crippen molar-refractivity contribution in [1.29, 1.82) is 0 Å². The Kier molecular flexibility index (Phi) is 4.06. The molecule has 0 spiro atoms. The fourth-order valence-electron chi connectivity index (χ4n) is 2.72. The van der Waals surface area contributed by atoms with Crippen LogP contribution in [0.1, 0.15) is 6.42 Å². The topological polar surface area (TPSA) is 87.5 Å². The van der Waals surface area contributed by atoms with Crippen LogP contribution in [0.15, 0.2) is 29.1 Å². The number of carboxylic acid groups (broad SMARTS) is 1. The number of rotatable bonds is 3. The number of carbonyl (C=O) groups is 1. The van der Waals surface area contributed by atoms with Crippen molar-refractivity contribution in [2.45, 2.75) is 13.0 Å². The van der Waals surface area contributed by atoms with E-state index in [-0.39, 0.29) is 12.1 Å². The van der Waals surface area contributed by atoms with E-state index >= 15 is 0 Å². The summed E-state index contributed by atoms with van der Waals surface area (Å²) in [4.78, 5) is 30.3. The van der Waals surface area contributed by atoms with Gasteiger partial charge in [-0.15, -0.1) is 0 Å². The van der Waals surface area contributed by atoms with Crippen molar-refractivity contribution in [3.8, 4) is 0 Å². The summed E-state index contributed by atoms with van der Waals surface area (Å²) in [6.07, 6.45) is 0.926. The molecule has 0 unspecified atom stereocenters. The molecule has 0 amide bonds. The van der Waals surface area contributed by atoms with Crippen LogP contribution in [-0.2, 0) is 11.3 Å². The third-order valence-electron chi connectivity index (χ3n) is 3.76. The zero-order valence-corrected chi connectivity index (χ0v) is 12.2. The highest BCUT2D eigenvalue weighted by atomic mass is 16.4. The number of fused-ring (bicyclic) bond motifs is 1. The molecule has 7 nitrogen and oxygen atoms in total. The highest BCUT2D eigenvalue weighted by molar-refractivity contribution is 5.79. The first kappa shape index (κ1) is 14.5. The monoisotopic (exact) mass is 302 g/mol. The molecule has 0 bridgehead atoms. The minimum Gasteiger partial charge on any atom is -0.480 e. The first-order valence-electron chi connectivity index (χ1n) is 7.34. The van der Waals surface area contributed by atoms with Gasteiger partial charge in [-0.25, -0.2) is 4.98 Å². The largest absolute Gasteiger partial charge is 0.480 e. The molecule has 3 rings (SSSR count). The van der Waals surface area contributed by atoms with Gasteiger partial charge in [0.05, 0.1) is 10.9 Å². The van der Waals surface area contributed by atoms with E-state index in [1.807, 2.05) is 11.0 Å². The summed E-state index contributed by atoms with van der Waals surface area (Å²) >= 11 is 0. The van der Waals surface area contributed by atoms with Crippen LogP contribution in [-0.4, -0.2) is 46.8 Å². The molecule has 2 N–H and O–H groups in total. The molecule has 0 radical (unpaired) electrons. The number of carboxylic acids is 1. The van der Waals surface area contributed by atoms with Crippen molar-refractivity contribution in [1.82, 2.24) is 14.9 Å². The van der Waals surface area contributed by atoms with Crippen LogP contribution < -0.4 is 15.8 Å². The number of hydrogen-bond acceptors (Lipinski definition) is 5. The van der Waals surface area contributed by atoms with Crippen LogP contribution in [0.2, 0.25) is 0 Å². The fraction of sp³-hybridized carbons (Fsp3) is 0.400. The van der Waals surface area contributed by atoms with Crippen LogP contribution in [0.4, 0.5) is 5.95 Å². The molecule has 22 heavy (non-hydrogen) atoms. The Labute approximate surface area is 127 Å². The Bertz CT molecular complexity index is 748. The molecule has 1 fully saturated rings. The third kappa shape index (κ3) is 2.80. The number of nitrogens with one attached hydrogen (secondary N) is 1. The minimum absolute atomic E-state index is 0.305. The van der Waals surface area contributed by atoms with E-state index in [0.717, 1.165) is 26.1 Å². The number of anilines is 1. The van der Waals surface area contributed by atoms with Crippen LogP contribution in [0.5, 0.6) is 0 Å². The lowest BCUT2D eigenvalue weighted by atomic mass is 10.2.